The summed E-state index contributed by atoms with van der Waals surface area (Å²) in [6, 6.07) is 23.9. The Bertz CT molecular complexity index is 1010. The number of amides is 1. The van der Waals surface area contributed by atoms with E-state index in [0.717, 1.165) is 15.6 Å². The normalized spacial score (nSPS) is 12.0. The quantitative estimate of drug-likeness (QED) is 0.305. The zero-order valence-corrected chi connectivity index (χ0v) is 17.8. The zero-order valence-electron chi connectivity index (χ0n) is 16.2. The molecule has 0 aliphatic carbocycles. The van der Waals surface area contributed by atoms with E-state index in [1.165, 1.54) is 6.34 Å². The van der Waals surface area contributed by atoms with E-state index in [9.17, 15) is 9.59 Å². The topological polar surface area (TPSA) is 49.7 Å². The van der Waals surface area contributed by atoms with Gasteiger partial charge in [0.2, 0.25) is 0 Å². The molecule has 0 saturated carbocycles. The van der Waals surface area contributed by atoms with Gasteiger partial charge in [-0.15, -0.1) is 0 Å². The smallest absolute Gasteiger partial charge is 0.259 e. The van der Waals surface area contributed by atoms with Crippen LogP contribution in [0.15, 0.2) is 88.3 Å². The maximum atomic E-state index is 12.9. The number of nitrogens with zero attached hydrogens (tertiary/aromatic N) is 2. The minimum Gasteiger partial charge on any atom is -0.369 e. The van der Waals surface area contributed by atoms with Crippen molar-refractivity contribution >= 4 is 34.0 Å². The number of rotatable bonds is 6. The van der Waals surface area contributed by atoms with Gasteiger partial charge in [0, 0.05) is 29.7 Å². The number of ketones is 1. The molecule has 0 unspecified atom stereocenters. The highest BCUT2D eigenvalue weighted by molar-refractivity contribution is 9.10. The Hall–Kier alpha value is -3.05. The van der Waals surface area contributed by atoms with Crippen LogP contribution in [0.2, 0.25) is 0 Å². The maximum absolute atomic E-state index is 12.9. The van der Waals surface area contributed by atoms with Crippen LogP contribution in [0.25, 0.3) is 0 Å². The molecular formula is C24H21BrN2O2. The highest BCUT2D eigenvalue weighted by Crippen LogP contribution is 2.28. The minimum absolute atomic E-state index is 0.0469. The Morgan fingerprint density at radius 3 is 1.90 bits per heavy atom. The summed E-state index contributed by atoms with van der Waals surface area (Å²) in [7, 11) is 3.63. The second kappa shape index (κ2) is 9.43. The summed E-state index contributed by atoms with van der Waals surface area (Å²) in [6.07, 6.45) is 1.50. The van der Waals surface area contributed by atoms with Crippen molar-refractivity contribution in [3.63, 3.8) is 0 Å². The van der Waals surface area contributed by atoms with Gasteiger partial charge in [-0.3, -0.25) is 9.59 Å². The molecule has 146 valence electrons. The lowest BCUT2D eigenvalue weighted by molar-refractivity contribution is -0.118. The molecule has 0 aliphatic heterocycles. The third kappa shape index (κ3) is 5.27. The number of carbonyl (C=O) groups is 2. The number of carbonyl (C=O) groups excluding carboxylic acids is 2. The molecule has 0 N–H and O–H groups in total. The molecule has 0 spiro atoms. The molecule has 3 aromatic rings. The second-order valence-corrected chi connectivity index (χ2v) is 7.76. The van der Waals surface area contributed by atoms with Crippen LogP contribution in [0.4, 0.5) is 0 Å². The summed E-state index contributed by atoms with van der Waals surface area (Å²) in [6.45, 7) is 0. The van der Waals surface area contributed by atoms with E-state index >= 15 is 0 Å². The summed E-state index contributed by atoms with van der Waals surface area (Å²) in [4.78, 5) is 31.3. The van der Waals surface area contributed by atoms with Crippen molar-refractivity contribution < 1.29 is 9.59 Å². The van der Waals surface area contributed by atoms with Crippen molar-refractivity contribution in [2.24, 2.45) is 4.99 Å². The van der Waals surface area contributed by atoms with E-state index in [-0.39, 0.29) is 11.7 Å². The average molecular weight is 449 g/mol. The lowest BCUT2D eigenvalue weighted by Gasteiger charge is -2.15. The van der Waals surface area contributed by atoms with Crippen molar-refractivity contribution in [2.45, 2.75) is 5.92 Å². The molecule has 0 saturated heterocycles. The summed E-state index contributed by atoms with van der Waals surface area (Å²) in [5.74, 6) is -0.849. The fourth-order valence-corrected chi connectivity index (χ4v) is 3.23. The van der Waals surface area contributed by atoms with Crippen LogP contribution in [0.3, 0.4) is 0 Å². The molecule has 0 radical (unpaired) electrons. The largest absolute Gasteiger partial charge is 0.369 e. The Labute approximate surface area is 179 Å². The number of hydrogen-bond donors (Lipinski definition) is 0. The van der Waals surface area contributed by atoms with Crippen molar-refractivity contribution in [1.29, 1.82) is 0 Å². The SMILES string of the molecule is CN(C)C=NC(=O)[C@H](c1ccc(Br)cc1)c1ccc(C(=O)c2ccccc2)cc1. The van der Waals surface area contributed by atoms with E-state index in [4.69, 9.17) is 0 Å². The van der Waals surface area contributed by atoms with Crippen LogP contribution >= 0.6 is 15.9 Å². The maximum Gasteiger partial charge on any atom is 0.259 e. The average Bonchev–Trinajstić information content (AvgIpc) is 2.74. The van der Waals surface area contributed by atoms with Gasteiger partial charge in [-0.05, 0) is 23.3 Å². The van der Waals surface area contributed by atoms with E-state index in [1.807, 2.05) is 68.7 Å². The zero-order chi connectivity index (χ0) is 20.8. The van der Waals surface area contributed by atoms with Crippen molar-refractivity contribution in [1.82, 2.24) is 4.90 Å². The highest BCUT2D eigenvalue weighted by Gasteiger charge is 2.23. The molecule has 5 heteroatoms. The van der Waals surface area contributed by atoms with Crippen molar-refractivity contribution in [2.75, 3.05) is 14.1 Å². The Kier molecular flexibility index (Phi) is 6.73. The first-order chi connectivity index (χ1) is 14.0. The molecule has 3 aromatic carbocycles. The number of benzene rings is 3. The van der Waals surface area contributed by atoms with E-state index in [0.29, 0.717) is 11.1 Å². The molecular weight excluding hydrogens is 428 g/mol. The van der Waals surface area contributed by atoms with Crippen LogP contribution in [-0.4, -0.2) is 37.0 Å². The van der Waals surface area contributed by atoms with Crippen molar-refractivity contribution in [3.05, 3.63) is 106 Å². The van der Waals surface area contributed by atoms with Gasteiger partial charge in [0.05, 0.1) is 12.3 Å². The van der Waals surface area contributed by atoms with Crippen LogP contribution in [0.5, 0.6) is 0 Å². The number of hydrogen-bond acceptors (Lipinski definition) is 2. The van der Waals surface area contributed by atoms with Gasteiger partial charge in [0.25, 0.3) is 5.91 Å². The summed E-state index contributed by atoms with van der Waals surface area (Å²) in [5, 5.41) is 0. The standard InChI is InChI=1S/C24H21BrN2O2/c1-27(2)16-26-24(29)22(18-12-14-21(25)15-13-18)17-8-10-20(11-9-17)23(28)19-6-4-3-5-7-19/h3-16,22H,1-2H3/t22-/m0/s1. The highest BCUT2D eigenvalue weighted by atomic mass is 79.9. The van der Waals surface area contributed by atoms with Crippen molar-refractivity contribution in [3.8, 4) is 0 Å². The van der Waals surface area contributed by atoms with Gasteiger partial charge in [-0.1, -0.05) is 82.7 Å². The molecule has 29 heavy (non-hydrogen) atoms. The predicted molar refractivity (Wildman–Crippen MR) is 119 cm³/mol. The summed E-state index contributed by atoms with van der Waals surface area (Å²) in [5.41, 5.74) is 2.85. The molecule has 0 fully saturated rings. The first-order valence-corrected chi connectivity index (χ1v) is 9.94. The lowest BCUT2D eigenvalue weighted by atomic mass is 9.89. The van der Waals surface area contributed by atoms with Crippen LogP contribution in [-0.2, 0) is 4.79 Å². The minimum atomic E-state index is -0.542. The third-order valence-electron chi connectivity index (χ3n) is 4.41. The number of halogens is 1. The molecule has 1 amide bonds. The molecule has 0 aromatic heterocycles. The Morgan fingerprint density at radius 2 is 1.34 bits per heavy atom. The second-order valence-electron chi connectivity index (χ2n) is 6.85. The third-order valence-corrected chi connectivity index (χ3v) is 4.94. The lowest BCUT2D eigenvalue weighted by Crippen LogP contribution is -2.16. The van der Waals surface area contributed by atoms with Gasteiger partial charge < -0.3 is 4.90 Å². The van der Waals surface area contributed by atoms with Gasteiger partial charge in [0.15, 0.2) is 5.78 Å². The first-order valence-electron chi connectivity index (χ1n) is 9.15. The van der Waals surface area contributed by atoms with Gasteiger partial charge in [-0.25, -0.2) is 4.99 Å². The molecule has 3 rings (SSSR count). The number of aliphatic imine (C=N–C) groups is 1. The van der Waals surface area contributed by atoms with Gasteiger partial charge in [0.1, 0.15) is 0 Å². The molecule has 0 bridgehead atoms. The van der Waals surface area contributed by atoms with Crippen LogP contribution < -0.4 is 0 Å². The van der Waals surface area contributed by atoms with Gasteiger partial charge >= 0.3 is 0 Å². The first kappa shape index (κ1) is 20.7. The Balaban J connectivity index is 1.94. The predicted octanol–water partition coefficient (Wildman–Crippen LogP) is 4.93. The van der Waals surface area contributed by atoms with E-state index < -0.39 is 5.92 Å². The fraction of sp³-hybridized carbons (Fsp3) is 0.125. The monoisotopic (exact) mass is 448 g/mol. The van der Waals surface area contributed by atoms with Crippen LogP contribution in [0.1, 0.15) is 33.0 Å². The van der Waals surface area contributed by atoms with E-state index in [1.54, 1.807) is 29.2 Å². The molecule has 0 heterocycles. The summed E-state index contributed by atoms with van der Waals surface area (Å²) >= 11 is 3.43. The molecule has 4 nitrogen and oxygen atoms in total. The Morgan fingerprint density at radius 1 is 0.828 bits per heavy atom. The molecule has 1 atom stereocenters. The molecule has 0 aliphatic rings. The van der Waals surface area contributed by atoms with Crippen LogP contribution in [0, 0.1) is 0 Å². The van der Waals surface area contributed by atoms with Gasteiger partial charge in [-0.2, -0.15) is 0 Å². The van der Waals surface area contributed by atoms with E-state index in [2.05, 4.69) is 20.9 Å². The fourth-order valence-electron chi connectivity index (χ4n) is 2.96. The summed E-state index contributed by atoms with van der Waals surface area (Å²) < 4.78 is 0.938.